The third-order valence-corrected chi connectivity index (χ3v) is 11.5. The van der Waals surface area contributed by atoms with Crippen molar-refractivity contribution in [3.05, 3.63) is 224 Å². The second-order valence-electron chi connectivity index (χ2n) is 14.9. The molecule has 11 rings (SSSR count). The van der Waals surface area contributed by atoms with Gasteiger partial charge in [0.1, 0.15) is 11.3 Å². The first-order valence-electron chi connectivity index (χ1n) is 19.8. The number of furan rings is 1. The van der Waals surface area contributed by atoms with Gasteiger partial charge in [0.2, 0.25) is 0 Å². The predicted molar refractivity (Wildman–Crippen MR) is 245 cm³/mol. The molecular weight excluding hydrogens is 703 g/mol. The monoisotopic (exact) mass is 739 g/mol. The Balaban J connectivity index is 0.963. The number of nitrogens with zero attached hydrogens (tertiary/aromatic N) is 1. The van der Waals surface area contributed by atoms with Gasteiger partial charge in [0.25, 0.3) is 0 Å². The minimum Gasteiger partial charge on any atom is -0.455 e. The number of hydrogen-bond donors (Lipinski definition) is 0. The smallest absolute Gasteiger partial charge is 0.143 e. The van der Waals surface area contributed by atoms with Gasteiger partial charge in [-0.1, -0.05) is 188 Å². The molecule has 1 heterocycles. The van der Waals surface area contributed by atoms with Gasteiger partial charge in [0, 0.05) is 33.0 Å². The molecule has 1 aromatic heterocycles. The van der Waals surface area contributed by atoms with Gasteiger partial charge < -0.3 is 9.32 Å². The van der Waals surface area contributed by atoms with Crippen LogP contribution in [0.4, 0.5) is 17.1 Å². The Morgan fingerprint density at radius 2 is 0.828 bits per heavy atom. The van der Waals surface area contributed by atoms with Gasteiger partial charge in [0.05, 0.1) is 11.4 Å². The molecule has 0 saturated carbocycles. The summed E-state index contributed by atoms with van der Waals surface area (Å²) in [4.78, 5) is 2.43. The molecule has 2 heteroatoms. The van der Waals surface area contributed by atoms with Gasteiger partial charge in [-0.2, -0.15) is 0 Å². The number of anilines is 3. The lowest BCUT2D eigenvalue weighted by atomic mass is 9.95. The summed E-state index contributed by atoms with van der Waals surface area (Å²) in [5.74, 6) is 0.889. The molecule has 58 heavy (non-hydrogen) atoms. The van der Waals surface area contributed by atoms with Gasteiger partial charge in [-0.3, -0.25) is 0 Å². The molecule has 0 unspecified atom stereocenters. The lowest BCUT2D eigenvalue weighted by Gasteiger charge is -2.29. The molecule has 2 nitrogen and oxygen atoms in total. The van der Waals surface area contributed by atoms with Crippen LogP contribution < -0.4 is 4.90 Å². The first kappa shape index (κ1) is 33.6. The van der Waals surface area contributed by atoms with Crippen molar-refractivity contribution in [1.82, 2.24) is 0 Å². The van der Waals surface area contributed by atoms with Crippen LogP contribution >= 0.6 is 0 Å². The van der Waals surface area contributed by atoms with Gasteiger partial charge in [-0.25, -0.2) is 0 Å². The van der Waals surface area contributed by atoms with E-state index in [1.807, 2.05) is 12.1 Å². The van der Waals surface area contributed by atoms with E-state index in [0.29, 0.717) is 0 Å². The Kier molecular flexibility index (Phi) is 8.19. The standard InChI is InChI=1S/C56H37NO/c1-2-15-42(16-3-1)55-51-25-10-11-27-54(51)58-56(55)45-20-12-19-43(36-45)40-30-28-38(29-31-40)39-32-34-46(35-33-39)57(52-26-13-18-41-14-4-7-22-48(41)52)53-37-44-17-5-6-21-47(44)49-23-8-9-24-50(49)53/h1-37H. The zero-order valence-corrected chi connectivity index (χ0v) is 31.7. The van der Waals surface area contributed by atoms with Crippen LogP contribution in [0, 0.1) is 0 Å². The fraction of sp³-hybridized carbons (Fsp3) is 0. The van der Waals surface area contributed by atoms with Crippen LogP contribution in [0.3, 0.4) is 0 Å². The Hall–Kier alpha value is -7.68. The maximum atomic E-state index is 6.55. The fourth-order valence-corrected chi connectivity index (χ4v) is 8.67. The van der Waals surface area contributed by atoms with E-state index >= 15 is 0 Å². The summed E-state index contributed by atoms with van der Waals surface area (Å²) in [6, 6.07) is 80.5. The third-order valence-electron chi connectivity index (χ3n) is 11.5. The zero-order chi connectivity index (χ0) is 38.4. The molecule has 0 saturated heterocycles. The van der Waals surface area contributed by atoms with Crippen LogP contribution in [-0.4, -0.2) is 0 Å². The van der Waals surface area contributed by atoms with E-state index < -0.39 is 0 Å². The number of para-hydroxylation sites is 1. The Morgan fingerprint density at radius 3 is 1.60 bits per heavy atom. The van der Waals surface area contributed by atoms with Crippen molar-refractivity contribution in [2.45, 2.75) is 0 Å². The van der Waals surface area contributed by atoms with Crippen molar-refractivity contribution in [1.29, 1.82) is 0 Å². The first-order chi connectivity index (χ1) is 28.8. The summed E-state index contributed by atoms with van der Waals surface area (Å²) in [6.45, 7) is 0. The van der Waals surface area contributed by atoms with Crippen LogP contribution in [0.2, 0.25) is 0 Å². The molecule has 0 bridgehead atoms. The summed E-state index contributed by atoms with van der Waals surface area (Å²) in [7, 11) is 0. The Bertz CT molecular complexity index is 3260. The van der Waals surface area contributed by atoms with Crippen molar-refractivity contribution in [2.75, 3.05) is 4.90 Å². The van der Waals surface area contributed by atoms with Gasteiger partial charge >= 0.3 is 0 Å². The van der Waals surface area contributed by atoms with E-state index in [4.69, 9.17) is 4.42 Å². The highest BCUT2D eigenvalue weighted by Gasteiger charge is 2.20. The highest BCUT2D eigenvalue weighted by molar-refractivity contribution is 6.15. The quantitative estimate of drug-likeness (QED) is 0.151. The maximum absolute atomic E-state index is 6.55. The molecule has 11 aromatic rings. The van der Waals surface area contributed by atoms with E-state index in [0.717, 1.165) is 61.6 Å². The van der Waals surface area contributed by atoms with E-state index in [1.54, 1.807) is 0 Å². The highest BCUT2D eigenvalue weighted by atomic mass is 16.3. The first-order valence-corrected chi connectivity index (χ1v) is 19.8. The van der Waals surface area contributed by atoms with Crippen LogP contribution in [0.1, 0.15) is 0 Å². The molecule has 0 aliphatic carbocycles. The van der Waals surface area contributed by atoms with E-state index in [2.05, 4.69) is 217 Å². The number of hydrogen-bond acceptors (Lipinski definition) is 2. The molecule has 0 spiro atoms. The molecule has 0 aliphatic rings. The van der Waals surface area contributed by atoms with Crippen molar-refractivity contribution in [3.63, 3.8) is 0 Å². The lowest BCUT2D eigenvalue weighted by molar-refractivity contribution is 0.632. The van der Waals surface area contributed by atoms with Crippen molar-refractivity contribution in [3.8, 4) is 44.7 Å². The van der Waals surface area contributed by atoms with Gasteiger partial charge in [-0.15, -0.1) is 0 Å². The van der Waals surface area contributed by atoms with Crippen molar-refractivity contribution in [2.24, 2.45) is 0 Å². The molecular formula is C56H37NO. The second-order valence-corrected chi connectivity index (χ2v) is 14.9. The average Bonchev–Trinajstić information content (AvgIpc) is 3.70. The second kappa shape index (κ2) is 14.1. The molecule has 272 valence electrons. The summed E-state index contributed by atoms with van der Waals surface area (Å²) in [5.41, 5.74) is 12.3. The average molecular weight is 740 g/mol. The SMILES string of the molecule is c1ccc(-c2c(-c3cccc(-c4ccc(-c5ccc(N(c6cccc7ccccc67)c6cc7ccccc7c7ccccc67)cc5)cc4)c3)oc3ccccc23)cc1. The Labute approximate surface area is 337 Å². The molecule has 0 N–H and O–H groups in total. The summed E-state index contributed by atoms with van der Waals surface area (Å²) < 4.78 is 6.55. The predicted octanol–water partition coefficient (Wildman–Crippen LogP) is 16.0. The molecule has 10 aromatic carbocycles. The molecule has 0 fully saturated rings. The van der Waals surface area contributed by atoms with Crippen molar-refractivity contribution >= 4 is 60.3 Å². The minimum absolute atomic E-state index is 0.889. The highest BCUT2D eigenvalue weighted by Crippen LogP contribution is 2.45. The molecule has 0 atom stereocenters. The van der Waals surface area contributed by atoms with Crippen LogP contribution in [-0.2, 0) is 0 Å². The van der Waals surface area contributed by atoms with Crippen molar-refractivity contribution < 1.29 is 4.42 Å². The number of fused-ring (bicyclic) bond motifs is 5. The fourth-order valence-electron chi connectivity index (χ4n) is 8.67. The number of rotatable bonds is 7. The topological polar surface area (TPSA) is 16.4 Å². The van der Waals surface area contributed by atoms with Crippen LogP contribution in [0.5, 0.6) is 0 Å². The number of benzene rings is 10. The van der Waals surface area contributed by atoms with E-state index in [1.165, 1.54) is 43.4 Å². The van der Waals surface area contributed by atoms with Crippen LogP contribution in [0.25, 0.3) is 88.0 Å². The largest absolute Gasteiger partial charge is 0.455 e. The van der Waals surface area contributed by atoms with E-state index in [9.17, 15) is 0 Å². The summed E-state index contributed by atoms with van der Waals surface area (Å²) in [5, 5.41) is 8.49. The van der Waals surface area contributed by atoms with Gasteiger partial charge in [0.15, 0.2) is 0 Å². The molecule has 0 aliphatic heterocycles. The summed E-state index contributed by atoms with van der Waals surface area (Å²) in [6.07, 6.45) is 0. The minimum atomic E-state index is 0.889. The lowest BCUT2D eigenvalue weighted by Crippen LogP contribution is -2.11. The molecule has 0 amide bonds. The van der Waals surface area contributed by atoms with Crippen LogP contribution in [0.15, 0.2) is 229 Å². The Morgan fingerprint density at radius 1 is 0.293 bits per heavy atom. The normalized spacial score (nSPS) is 11.4. The summed E-state index contributed by atoms with van der Waals surface area (Å²) >= 11 is 0. The van der Waals surface area contributed by atoms with E-state index in [-0.39, 0.29) is 0 Å². The maximum Gasteiger partial charge on any atom is 0.143 e. The van der Waals surface area contributed by atoms with Gasteiger partial charge in [-0.05, 0) is 85.8 Å². The molecule has 0 radical (unpaired) electrons. The third kappa shape index (κ3) is 5.82. The zero-order valence-electron chi connectivity index (χ0n) is 31.7.